The van der Waals surface area contributed by atoms with Gasteiger partial charge < -0.3 is 14.6 Å². The maximum Gasteiger partial charge on any atom is 0.0829 e. The Morgan fingerprint density at radius 1 is 1.23 bits per heavy atom. The Bertz CT molecular complexity index is 156. The third kappa shape index (κ3) is 1.87. The Morgan fingerprint density at radius 3 is 2.46 bits per heavy atom. The van der Waals surface area contributed by atoms with Gasteiger partial charge >= 0.3 is 0 Å². The van der Waals surface area contributed by atoms with Crippen LogP contribution in [0.1, 0.15) is 19.8 Å². The number of rotatable bonds is 1. The lowest BCUT2D eigenvalue weighted by Gasteiger charge is -2.30. The average molecular weight is 186 g/mol. The van der Waals surface area contributed by atoms with Crippen LogP contribution in [0.3, 0.4) is 0 Å². The van der Waals surface area contributed by atoms with Gasteiger partial charge in [-0.05, 0) is 25.7 Å². The van der Waals surface area contributed by atoms with Gasteiger partial charge in [-0.25, -0.2) is 0 Å². The van der Waals surface area contributed by atoms with Crippen molar-refractivity contribution in [2.24, 2.45) is 11.8 Å². The van der Waals surface area contributed by atoms with Gasteiger partial charge in [0.1, 0.15) is 0 Å². The first-order chi connectivity index (χ1) is 6.29. The highest BCUT2D eigenvalue weighted by atomic mass is 16.5. The molecule has 0 aromatic rings. The summed E-state index contributed by atoms with van der Waals surface area (Å²) in [6.45, 7) is 4.28. The second-order valence-corrected chi connectivity index (χ2v) is 4.13. The zero-order chi connectivity index (χ0) is 9.26. The highest BCUT2D eigenvalue weighted by Crippen LogP contribution is 2.34. The van der Waals surface area contributed by atoms with E-state index in [-0.39, 0.29) is 12.2 Å². The van der Waals surface area contributed by atoms with E-state index in [1.165, 1.54) is 0 Å². The minimum Gasteiger partial charge on any atom is -0.390 e. The lowest BCUT2D eigenvalue weighted by Crippen LogP contribution is -2.33. The lowest BCUT2D eigenvalue weighted by molar-refractivity contribution is 0.00953. The molecule has 3 nitrogen and oxygen atoms in total. The Hall–Kier alpha value is -0.120. The molecule has 3 heteroatoms. The van der Waals surface area contributed by atoms with E-state index < -0.39 is 0 Å². The fourth-order valence-electron chi connectivity index (χ4n) is 2.58. The minimum atomic E-state index is -0.252. The monoisotopic (exact) mass is 186 g/mol. The van der Waals surface area contributed by atoms with Gasteiger partial charge in [0.25, 0.3) is 0 Å². The molecule has 0 aliphatic carbocycles. The minimum absolute atomic E-state index is 0.220. The molecule has 2 rings (SSSR count). The maximum atomic E-state index is 9.75. The summed E-state index contributed by atoms with van der Waals surface area (Å²) in [4.78, 5) is 0. The number of aliphatic hydroxyl groups is 1. The van der Waals surface area contributed by atoms with Crippen molar-refractivity contribution in [3.8, 4) is 0 Å². The number of hydrogen-bond donors (Lipinski definition) is 1. The maximum absolute atomic E-state index is 9.75. The molecular weight excluding hydrogens is 168 g/mol. The van der Waals surface area contributed by atoms with Gasteiger partial charge in [0.15, 0.2) is 0 Å². The molecule has 0 amide bonds. The molecule has 3 atom stereocenters. The molecular formula is C10H18O3. The molecule has 3 unspecified atom stereocenters. The highest BCUT2D eigenvalue weighted by Gasteiger charge is 2.39. The van der Waals surface area contributed by atoms with E-state index in [0.717, 1.165) is 26.1 Å². The summed E-state index contributed by atoms with van der Waals surface area (Å²) in [6, 6.07) is 0. The SMILES string of the molecule is CC1OCC(O)C1C1CCOCC1. The van der Waals surface area contributed by atoms with E-state index in [2.05, 4.69) is 6.92 Å². The first-order valence-electron chi connectivity index (χ1n) is 5.16. The summed E-state index contributed by atoms with van der Waals surface area (Å²) >= 11 is 0. The molecule has 2 fully saturated rings. The second kappa shape index (κ2) is 3.95. The molecule has 0 aromatic heterocycles. The van der Waals surface area contributed by atoms with Crippen molar-refractivity contribution in [1.82, 2.24) is 0 Å². The zero-order valence-electron chi connectivity index (χ0n) is 8.11. The van der Waals surface area contributed by atoms with Crippen LogP contribution in [-0.2, 0) is 9.47 Å². The molecule has 1 N–H and O–H groups in total. The van der Waals surface area contributed by atoms with E-state index in [1.807, 2.05) is 0 Å². The van der Waals surface area contributed by atoms with Gasteiger partial charge in [-0.2, -0.15) is 0 Å². The van der Waals surface area contributed by atoms with E-state index in [1.54, 1.807) is 0 Å². The Balaban J connectivity index is 1.96. The van der Waals surface area contributed by atoms with Crippen molar-refractivity contribution in [3.05, 3.63) is 0 Å². The molecule has 13 heavy (non-hydrogen) atoms. The van der Waals surface area contributed by atoms with Crippen molar-refractivity contribution in [3.63, 3.8) is 0 Å². The van der Waals surface area contributed by atoms with Gasteiger partial charge in [0, 0.05) is 19.1 Å². The predicted octanol–water partition coefficient (Wildman–Crippen LogP) is 0.809. The lowest BCUT2D eigenvalue weighted by atomic mass is 9.81. The number of aliphatic hydroxyl groups excluding tert-OH is 1. The van der Waals surface area contributed by atoms with Gasteiger partial charge in [-0.1, -0.05) is 0 Å². The van der Waals surface area contributed by atoms with Crippen LogP contribution in [0.4, 0.5) is 0 Å². The summed E-state index contributed by atoms with van der Waals surface area (Å²) in [5, 5.41) is 9.75. The van der Waals surface area contributed by atoms with Crippen LogP contribution >= 0.6 is 0 Å². The molecule has 2 aliphatic rings. The summed E-state index contributed by atoms with van der Waals surface area (Å²) in [5.74, 6) is 0.935. The zero-order valence-corrected chi connectivity index (χ0v) is 8.11. The van der Waals surface area contributed by atoms with Crippen molar-refractivity contribution in [2.45, 2.75) is 32.0 Å². The van der Waals surface area contributed by atoms with Gasteiger partial charge in [0.05, 0.1) is 18.8 Å². The first-order valence-corrected chi connectivity index (χ1v) is 5.16. The quantitative estimate of drug-likeness (QED) is 0.658. The fourth-order valence-corrected chi connectivity index (χ4v) is 2.58. The predicted molar refractivity (Wildman–Crippen MR) is 48.5 cm³/mol. The molecule has 0 saturated carbocycles. The Kier molecular flexibility index (Phi) is 2.86. The normalized spacial score (nSPS) is 42.5. The number of hydrogen-bond acceptors (Lipinski definition) is 3. The Morgan fingerprint density at radius 2 is 1.92 bits per heavy atom. The fraction of sp³-hybridized carbons (Fsp3) is 1.00. The molecule has 0 radical (unpaired) electrons. The summed E-state index contributed by atoms with van der Waals surface area (Å²) in [5.41, 5.74) is 0. The van der Waals surface area contributed by atoms with Crippen LogP contribution in [0.15, 0.2) is 0 Å². The van der Waals surface area contributed by atoms with Crippen molar-refractivity contribution in [2.75, 3.05) is 19.8 Å². The van der Waals surface area contributed by atoms with Crippen LogP contribution in [0.25, 0.3) is 0 Å². The largest absolute Gasteiger partial charge is 0.390 e. The van der Waals surface area contributed by atoms with Crippen LogP contribution in [-0.4, -0.2) is 37.1 Å². The summed E-state index contributed by atoms with van der Waals surface area (Å²) < 4.78 is 10.7. The van der Waals surface area contributed by atoms with Gasteiger partial charge in [-0.3, -0.25) is 0 Å². The molecule has 0 aromatic carbocycles. The van der Waals surface area contributed by atoms with Crippen molar-refractivity contribution < 1.29 is 14.6 Å². The van der Waals surface area contributed by atoms with E-state index in [4.69, 9.17) is 9.47 Å². The van der Waals surface area contributed by atoms with Crippen LogP contribution < -0.4 is 0 Å². The first kappa shape index (κ1) is 9.44. The van der Waals surface area contributed by atoms with E-state index in [9.17, 15) is 5.11 Å². The standard InChI is InChI=1S/C10H18O3/c1-7-10(9(11)6-13-7)8-2-4-12-5-3-8/h7-11H,2-6H2,1H3. The summed E-state index contributed by atoms with van der Waals surface area (Å²) in [6.07, 6.45) is 2.13. The van der Waals surface area contributed by atoms with Crippen LogP contribution in [0, 0.1) is 11.8 Å². The third-order valence-corrected chi connectivity index (χ3v) is 3.33. The Labute approximate surface area is 79.0 Å². The average Bonchev–Trinajstić information content (AvgIpc) is 2.48. The van der Waals surface area contributed by atoms with Crippen LogP contribution in [0.2, 0.25) is 0 Å². The second-order valence-electron chi connectivity index (χ2n) is 4.13. The molecule has 2 saturated heterocycles. The molecule has 2 aliphatic heterocycles. The van der Waals surface area contributed by atoms with Gasteiger partial charge in [0.2, 0.25) is 0 Å². The van der Waals surface area contributed by atoms with Crippen molar-refractivity contribution in [1.29, 1.82) is 0 Å². The third-order valence-electron chi connectivity index (χ3n) is 3.33. The van der Waals surface area contributed by atoms with E-state index >= 15 is 0 Å². The number of ether oxygens (including phenoxy) is 2. The molecule has 76 valence electrons. The molecule has 2 heterocycles. The summed E-state index contributed by atoms with van der Waals surface area (Å²) in [7, 11) is 0. The van der Waals surface area contributed by atoms with E-state index in [0.29, 0.717) is 18.4 Å². The smallest absolute Gasteiger partial charge is 0.0829 e. The molecule has 0 bridgehead atoms. The molecule has 0 spiro atoms. The van der Waals surface area contributed by atoms with Gasteiger partial charge in [-0.15, -0.1) is 0 Å². The van der Waals surface area contributed by atoms with Crippen LogP contribution in [0.5, 0.6) is 0 Å². The van der Waals surface area contributed by atoms with Crippen molar-refractivity contribution >= 4 is 0 Å². The topological polar surface area (TPSA) is 38.7 Å². The highest BCUT2D eigenvalue weighted by molar-refractivity contribution is 4.87.